The first-order valence-electron chi connectivity index (χ1n) is 13.9. The van der Waals surface area contributed by atoms with E-state index in [1.165, 1.54) is 18.3 Å². The number of carbonyl (C=O) groups excluding carboxylic acids is 2. The monoisotopic (exact) mass is 626 g/mol. The van der Waals surface area contributed by atoms with E-state index >= 15 is 4.39 Å². The minimum atomic E-state index is -4.80. The van der Waals surface area contributed by atoms with Crippen LogP contribution in [0, 0.1) is 12.7 Å². The van der Waals surface area contributed by atoms with Crippen LogP contribution in [-0.4, -0.2) is 79.0 Å². The maximum Gasteiger partial charge on any atom is 0.416 e. The third-order valence-electron chi connectivity index (χ3n) is 7.46. The number of piperazine rings is 1. The van der Waals surface area contributed by atoms with Crippen molar-refractivity contribution in [2.24, 2.45) is 0 Å². The Bertz CT molecular complexity index is 1770. The lowest BCUT2D eigenvalue weighted by atomic mass is 10.1. The number of likely N-dealkylation sites (N-methyl/N-ethyl adjacent to an activating group) is 1. The Kier molecular flexibility index (Phi) is 8.77. The second-order valence-corrected chi connectivity index (χ2v) is 10.5. The number of anilines is 2. The van der Waals surface area contributed by atoms with Crippen molar-refractivity contribution < 1.29 is 36.6 Å². The van der Waals surface area contributed by atoms with Crippen molar-refractivity contribution in [3.63, 3.8) is 0 Å². The van der Waals surface area contributed by atoms with E-state index in [0.717, 1.165) is 24.3 Å². The van der Waals surface area contributed by atoms with E-state index in [1.54, 1.807) is 26.1 Å². The minimum absolute atomic E-state index is 0.0770. The van der Waals surface area contributed by atoms with Crippen LogP contribution in [0.1, 0.15) is 31.8 Å². The number of ether oxygens (including phenoxy) is 2. The molecule has 0 atom stereocenters. The van der Waals surface area contributed by atoms with Gasteiger partial charge in [0, 0.05) is 44.5 Å². The van der Waals surface area contributed by atoms with Gasteiger partial charge in [-0.3, -0.25) is 9.59 Å². The van der Waals surface area contributed by atoms with Crippen LogP contribution < -0.4 is 20.1 Å². The molecule has 236 valence electrons. The summed E-state index contributed by atoms with van der Waals surface area (Å²) in [5.74, 6) is -1.89. The van der Waals surface area contributed by atoms with Gasteiger partial charge in [-0.2, -0.15) is 13.2 Å². The highest BCUT2D eigenvalue weighted by Crippen LogP contribution is 2.36. The molecule has 0 bridgehead atoms. The van der Waals surface area contributed by atoms with Crippen LogP contribution in [0.5, 0.6) is 17.4 Å². The molecule has 1 saturated heterocycles. The average Bonchev–Trinajstić information content (AvgIpc) is 3.01. The van der Waals surface area contributed by atoms with Crippen LogP contribution in [0.4, 0.5) is 28.9 Å². The number of halogens is 4. The molecule has 0 radical (unpaired) electrons. The Balaban J connectivity index is 1.46. The first-order chi connectivity index (χ1) is 21.4. The highest BCUT2D eigenvalue weighted by molar-refractivity contribution is 6.06. The number of aromatic nitrogens is 2. The molecule has 2 heterocycles. The number of amides is 2. The molecule has 0 unspecified atom stereocenters. The minimum Gasteiger partial charge on any atom is -0.495 e. The number of hydrogen-bond donors (Lipinski definition) is 2. The van der Waals surface area contributed by atoms with E-state index in [-0.39, 0.29) is 22.9 Å². The average molecular weight is 627 g/mol. The van der Waals surface area contributed by atoms with E-state index in [4.69, 9.17) is 9.47 Å². The second-order valence-electron chi connectivity index (χ2n) is 10.5. The fourth-order valence-corrected chi connectivity index (χ4v) is 4.92. The van der Waals surface area contributed by atoms with Crippen molar-refractivity contribution in [1.82, 2.24) is 19.8 Å². The van der Waals surface area contributed by atoms with Gasteiger partial charge < -0.3 is 29.9 Å². The molecular formula is C31H30F4N6O4. The SMILES string of the molecule is CNc1cc2ncnc(Oc3cc(C(=O)Nc4cc(C(=O)N5CCN(C)CC5)cc(C(F)(F)F)c4)c(F)cc3C)c2cc1OC. The highest BCUT2D eigenvalue weighted by Gasteiger charge is 2.33. The maximum atomic E-state index is 15.1. The number of benzene rings is 3. The van der Waals surface area contributed by atoms with Gasteiger partial charge in [0.05, 0.1) is 34.8 Å². The number of nitrogens with one attached hydrogen (secondary N) is 2. The summed E-state index contributed by atoms with van der Waals surface area (Å²) >= 11 is 0. The summed E-state index contributed by atoms with van der Waals surface area (Å²) < 4.78 is 67.9. The van der Waals surface area contributed by atoms with Crippen molar-refractivity contribution in [3.05, 3.63) is 76.9 Å². The molecule has 4 aromatic rings. The molecule has 1 aromatic heterocycles. The number of methoxy groups -OCH3 is 1. The standard InChI is InChI=1S/C31H30F4N6O4/c1-17-9-23(32)21(13-26(17)45-29-22-14-27(44-4)25(36-2)15-24(22)37-16-38-29)28(42)39-20-11-18(10-19(12-20)31(33,34)35)30(43)41-7-5-40(3)6-8-41/h9-16,36H,5-8H2,1-4H3,(H,39,42). The Hall–Kier alpha value is -4.98. The number of fused-ring (bicyclic) bond motifs is 1. The van der Waals surface area contributed by atoms with Gasteiger partial charge in [0.25, 0.3) is 11.8 Å². The topological polar surface area (TPSA) is 109 Å². The number of aryl methyl sites for hydroxylation is 1. The van der Waals surface area contributed by atoms with Gasteiger partial charge in [0.2, 0.25) is 5.88 Å². The van der Waals surface area contributed by atoms with E-state index in [9.17, 15) is 22.8 Å². The van der Waals surface area contributed by atoms with E-state index in [2.05, 4.69) is 20.6 Å². The first-order valence-corrected chi connectivity index (χ1v) is 13.9. The van der Waals surface area contributed by atoms with Crippen molar-refractivity contribution in [2.75, 3.05) is 58.0 Å². The fraction of sp³-hybridized carbons (Fsp3) is 0.290. The predicted molar refractivity (Wildman–Crippen MR) is 160 cm³/mol. The van der Waals surface area contributed by atoms with Crippen LogP contribution in [0.25, 0.3) is 10.9 Å². The molecule has 1 fully saturated rings. The zero-order valence-electron chi connectivity index (χ0n) is 24.9. The van der Waals surface area contributed by atoms with E-state index in [1.807, 2.05) is 11.9 Å². The molecule has 2 amide bonds. The smallest absolute Gasteiger partial charge is 0.416 e. The molecule has 1 aliphatic heterocycles. The lowest BCUT2D eigenvalue weighted by Crippen LogP contribution is -2.47. The van der Waals surface area contributed by atoms with E-state index < -0.39 is 34.9 Å². The molecule has 1 aliphatic rings. The van der Waals surface area contributed by atoms with Gasteiger partial charge in [-0.1, -0.05) is 0 Å². The molecule has 5 rings (SSSR count). The van der Waals surface area contributed by atoms with Gasteiger partial charge in [-0.15, -0.1) is 0 Å². The summed E-state index contributed by atoms with van der Waals surface area (Å²) in [6, 6.07) is 8.20. The van der Waals surface area contributed by atoms with Gasteiger partial charge in [-0.05, 0) is 62.0 Å². The third-order valence-corrected chi connectivity index (χ3v) is 7.46. The van der Waals surface area contributed by atoms with E-state index in [0.29, 0.717) is 60.1 Å². The molecule has 0 saturated carbocycles. The van der Waals surface area contributed by atoms with Gasteiger partial charge >= 0.3 is 6.18 Å². The lowest BCUT2D eigenvalue weighted by molar-refractivity contribution is -0.137. The van der Waals surface area contributed by atoms with Crippen molar-refractivity contribution >= 4 is 34.1 Å². The molecule has 14 heteroatoms. The fourth-order valence-electron chi connectivity index (χ4n) is 4.92. The van der Waals surface area contributed by atoms with Gasteiger partial charge in [-0.25, -0.2) is 14.4 Å². The number of rotatable bonds is 7. The van der Waals surface area contributed by atoms with Crippen LogP contribution in [0.3, 0.4) is 0 Å². The van der Waals surface area contributed by atoms with Crippen molar-refractivity contribution in [1.29, 1.82) is 0 Å². The second kappa shape index (κ2) is 12.6. The summed E-state index contributed by atoms with van der Waals surface area (Å²) in [7, 11) is 5.10. The number of carbonyl (C=O) groups is 2. The molecule has 10 nitrogen and oxygen atoms in total. The molecule has 0 spiro atoms. The maximum absolute atomic E-state index is 15.1. The summed E-state index contributed by atoms with van der Waals surface area (Å²) in [6.45, 7) is 3.39. The van der Waals surface area contributed by atoms with Gasteiger partial charge in [0.15, 0.2) is 0 Å². The Labute approximate surface area is 256 Å². The van der Waals surface area contributed by atoms with Crippen LogP contribution >= 0.6 is 0 Å². The van der Waals surface area contributed by atoms with Crippen molar-refractivity contribution in [2.45, 2.75) is 13.1 Å². The molecule has 0 aliphatic carbocycles. The predicted octanol–water partition coefficient (Wildman–Crippen LogP) is 5.58. The molecular weight excluding hydrogens is 596 g/mol. The number of hydrogen-bond acceptors (Lipinski definition) is 8. The lowest BCUT2D eigenvalue weighted by Gasteiger charge is -2.32. The largest absolute Gasteiger partial charge is 0.495 e. The van der Waals surface area contributed by atoms with Crippen LogP contribution in [0.2, 0.25) is 0 Å². The summed E-state index contributed by atoms with van der Waals surface area (Å²) in [5.41, 5.74) is -0.653. The molecule has 45 heavy (non-hydrogen) atoms. The highest BCUT2D eigenvalue weighted by atomic mass is 19.4. The Morgan fingerprint density at radius 3 is 2.36 bits per heavy atom. The zero-order chi connectivity index (χ0) is 32.5. The number of nitrogens with zero attached hydrogens (tertiary/aromatic N) is 4. The van der Waals surface area contributed by atoms with Gasteiger partial charge in [0.1, 0.15) is 23.6 Å². The van der Waals surface area contributed by atoms with Crippen LogP contribution in [0.15, 0.2) is 48.8 Å². The summed E-state index contributed by atoms with van der Waals surface area (Å²) in [6.07, 6.45) is -3.52. The third kappa shape index (κ3) is 6.75. The normalized spacial score (nSPS) is 13.9. The Morgan fingerprint density at radius 1 is 0.956 bits per heavy atom. The molecule has 2 N–H and O–H groups in total. The summed E-state index contributed by atoms with van der Waals surface area (Å²) in [5, 5.41) is 5.80. The quantitative estimate of drug-likeness (QED) is 0.256. The Morgan fingerprint density at radius 2 is 1.69 bits per heavy atom. The van der Waals surface area contributed by atoms with Crippen molar-refractivity contribution in [3.8, 4) is 17.4 Å². The molecule has 3 aromatic carbocycles. The zero-order valence-corrected chi connectivity index (χ0v) is 24.9. The number of alkyl halides is 3. The first kappa shape index (κ1) is 31.4. The summed E-state index contributed by atoms with van der Waals surface area (Å²) in [4.78, 5) is 38.3. The van der Waals surface area contributed by atoms with Crippen LogP contribution in [-0.2, 0) is 6.18 Å².